The average Bonchev–Trinajstić information content (AvgIpc) is 3.28. The van der Waals surface area contributed by atoms with Crippen LogP contribution in [0.3, 0.4) is 0 Å². The normalized spacial score (nSPS) is 13.7. The number of hydrogen-bond acceptors (Lipinski definition) is 5. The molecule has 0 saturated heterocycles. The van der Waals surface area contributed by atoms with Crippen molar-refractivity contribution in [1.29, 1.82) is 0 Å². The van der Waals surface area contributed by atoms with Crippen molar-refractivity contribution in [2.45, 2.75) is 346 Å². The van der Waals surface area contributed by atoms with E-state index in [-0.39, 0.29) is 0 Å². The number of hydrogen-bond donors (Lipinski definition) is 5. The van der Waals surface area contributed by atoms with Crippen LogP contribution >= 0.6 is 0 Å². The van der Waals surface area contributed by atoms with Gasteiger partial charge in [-0.2, -0.15) is 0 Å². The zero-order chi connectivity index (χ0) is 45.2. The first-order valence-corrected chi connectivity index (χ1v) is 28.4. The van der Waals surface area contributed by atoms with Gasteiger partial charge in [-0.15, -0.1) is 0 Å². The highest BCUT2D eigenvalue weighted by Gasteiger charge is 2.28. The molecule has 62 heavy (non-hydrogen) atoms. The summed E-state index contributed by atoms with van der Waals surface area (Å²) in [6, 6.07) is -0.980. The fourth-order valence-electron chi connectivity index (χ4n) is 9.35. The molecule has 6 heteroatoms. The van der Waals surface area contributed by atoms with Gasteiger partial charge in [0.2, 0.25) is 5.91 Å². The molecule has 0 aromatic carbocycles. The number of amides is 1. The minimum Gasteiger partial charge on any atom is -0.394 e. The van der Waals surface area contributed by atoms with E-state index in [1.54, 1.807) is 0 Å². The van der Waals surface area contributed by atoms with E-state index >= 15 is 0 Å². The minimum atomic E-state index is -1.25. The Bertz CT molecular complexity index is 856. The Hall–Kier alpha value is -0.690. The largest absolute Gasteiger partial charge is 0.394 e. The van der Waals surface area contributed by atoms with Crippen molar-refractivity contribution in [3.63, 3.8) is 0 Å². The topological polar surface area (TPSA) is 110 Å². The first kappa shape index (κ1) is 61.3. The first-order chi connectivity index (χ1) is 30.5. The predicted octanol–water partition coefficient (Wildman–Crippen LogP) is 16.3. The molecule has 4 atom stereocenters. The fraction of sp³-hybridized carbons (Fsp3) is 0.982. The zero-order valence-electron chi connectivity index (χ0n) is 42.2. The van der Waals surface area contributed by atoms with Crippen LogP contribution in [0.5, 0.6) is 0 Å². The first-order valence-electron chi connectivity index (χ1n) is 28.4. The third-order valence-corrected chi connectivity index (χ3v) is 13.8. The molecule has 0 rings (SSSR count). The Labute approximate surface area is 388 Å². The minimum absolute atomic E-state index is 0.376. The third-order valence-electron chi connectivity index (χ3n) is 13.8. The van der Waals surface area contributed by atoms with Crippen LogP contribution in [-0.2, 0) is 4.79 Å². The maximum atomic E-state index is 12.6. The fourth-order valence-corrected chi connectivity index (χ4v) is 9.35. The van der Waals surface area contributed by atoms with E-state index in [4.69, 9.17) is 0 Å². The van der Waals surface area contributed by atoms with E-state index < -0.39 is 36.9 Å². The van der Waals surface area contributed by atoms with Gasteiger partial charge >= 0.3 is 0 Å². The summed E-state index contributed by atoms with van der Waals surface area (Å²) in [5.41, 5.74) is 0. The molecule has 0 aliphatic heterocycles. The Morgan fingerprint density at radius 2 is 0.548 bits per heavy atom. The van der Waals surface area contributed by atoms with Crippen LogP contribution in [0.1, 0.15) is 322 Å². The Morgan fingerprint density at radius 1 is 0.339 bits per heavy atom. The number of nitrogens with one attached hydrogen (secondary N) is 1. The monoisotopic (exact) mass is 880 g/mol. The molecule has 372 valence electrons. The predicted molar refractivity (Wildman–Crippen MR) is 270 cm³/mol. The molecule has 0 spiro atoms. The lowest BCUT2D eigenvalue weighted by Crippen LogP contribution is -2.53. The maximum Gasteiger partial charge on any atom is 0.249 e. The summed E-state index contributed by atoms with van der Waals surface area (Å²) in [5.74, 6) is -0.575. The molecule has 0 aliphatic rings. The molecule has 0 heterocycles. The molecular formula is C56H113NO5. The van der Waals surface area contributed by atoms with Crippen molar-refractivity contribution in [3.05, 3.63) is 0 Å². The highest BCUT2D eigenvalue weighted by Crippen LogP contribution is 2.19. The summed E-state index contributed by atoms with van der Waals surface area (Å²) in [6.45, 7) is 4.10. The number of aliphatic hydroxyl groups is 4. The van der Waals surface area contributed by atoms with Crippen LogP contribution in [0.15, 0.2) is 0 Å². The van der Waals surface area contributed by atoms with Crippen molar-refractivity contribution in [3.8, 4) is 0 Å². The highest BCUT2D eigenvalue weighted by atomic mass is 16.3. The van der Waals surface area contributed by atoms with Gasteiger partial charge in [0, 0.05) is 0 Å². The van der Waals surface area contributed by atoms with E-state index in [0.717, 1.165) is 38.5 Å². The molecule has 5 N–H and O–H groups in total. The van der Waals surface area contributed by atoms with Crippen LogP contribution in [0, 0.1) is 0 Å². The lowest BCUT2D eigenvalue weighted by atomic mass is 9.99. The summed E-state index contributed by atoms with van der Waals surface area (Å²) in [5, 5.41) is 44.0. The summed E-state index contributed by atoms with van der Waals surface area (Å²) < 4.78 is 0. The third kappa shape index (κ3) is 44.5. The molecule has 0 radical (unpaired) electrons. The van der Waals surface area contributed by atoms with E-state index in [1.165, 1.54) is 257 Å². The summed E-state index contributed by atoms with van der Waals surface area (Å²) in [4.78, 5) is 12.6. The van der Waals surface area contributed by atoms with Crippen LogP contribution < -0.4 is 5.32 Å². The van der Waals surface area contributed by atoms with Crippen LogP contribution in [0.25, 0.3) is 0 Å². The number of unbranched alkanes of at least 4 members (excludes halogenated alkanes) is 44. The Morgan fingerprint density at radius 3 is 0.774 bits per heavy atom. The van der Waals surface area contributed by atoms with Crippen molar-refractivity contribution in [1.82, 2.24) is 5.32 Å². The lowest BCUT2D eigenvalue weighted by Gasteiger charge is -2.27. The summed E-state index contributed by atoms with van der Waals surface area (Å²) in [6.07, 6.45) is 58.8. The second-order valence-electron chi connectivity index (χ2n) is 20.0. The van der Waals surface area contributed by atoms with E-state index in [9.17, 15) is 25.2 Å². The molecule has 0 aliphatic carbocycles. The molecule has 0 aromatic heterocycles. The van der Waals surface area contributed by atoms with Gasteiger partial charge in [-0.05, 0) is 12.8 Å². The van der Waals surface area contributed by atoms with Crippen molar-refractivity contribution in [2.24, 2.45) is 0 Å². The smallest absolute Gasteiger partial charge is 0.249 e. The van der Waals surface area contributed by atoms with Gasteiger partial charge in [-0.3, -0.25) is 4.79 Å². The zero-order valence-corrected chi connectivity index (χ0v) is 42.2. The van der Waals surface area contributed by atoms with Gasteiger partial charge in [0.25, 0.3) is 0 Å². The van der Waals surface area contributed by atoms with Crippen LogP contribution in [-0.4, -0.2) is 57.3 Å². The molecular weight excluding hydrogens is 767 g/mol. The SMILES string of the molecule is CCCCCCCCCCCCCCCCCCCCCCCCCCC(O)C(=O)NC(CO)C(O)C(O)CCCCCCCCCCCCCCCCCCCCCCCC. The Kier molecular flexibility index (Phi) is 50.7. The molecule has 0 bridgehead atoms. The van der Waals surface area contributed by atoms with Gasteiger partial charge in [0.1, 0.15) is 12.2 Å². The van der Waals surface area contributed by atoms with Crippen molar-refractivity contribution in [2.75, 3.05) is 6.61 Å². The van der Waals surface area contributed by atoms with E-state index in [1.807, 2.05) is 0 Å². The van der Waals surface area contributed by atoms with Crippen LogP contribution in [0.2, 0.25) is 0 Å². The standard InChI is InChI=1S/C56H113NO5/c1-3-5-7-9-11-13-15-17-19-21-23-25-27-28-30-32-34-36-38-40-42-44-46-48-50-54(60)56(62)57-52(51-58)55(61)53(59)49-47-45-43-41-39-37-35-33-31-29-26-24-22-20-18-16-14-12-10-8-6-4-2/h52-55,58-61H,3-51H2,1-2H3,(H,57,62). The molecule has 4 unspecified atom stereocenters. The number of rotatable bonds is 53. The maximum absolute atomic E-state index is 12.6. The number of aliphatic hydroxyl groups excluding tert-OH is 4. The number of carbonyl (C=O) groups is 1. The van der Waals surface area contributed by atoms with Crippen molar-refractivity contribution < 1.29 is 25.2 Å². The summed E-state index contributed by atoms with van der Waals surface area (Å²) >= 11 is 0. The second kappa shape index (κ2) is 51.3. The van der Waals surface area contributed by atoms with Gasteiger partial charge in [0.15, 0.2) is 0 Å². The van der Waals surface area contributed by atoms with Gasteiger partial charge in [-0.1, -0.05) is 309 Å². The van der Waals surface area contributed by atoms with Gasteiger partial charge in [-0.25, -0.2) is 0 Å². The van der Waals surface area contributed by atoms with Crippen LogP contribution in [0.4, 0.5) is 0 Å². The molecule has 0 aromatic rings. The van der Waals surface area contributed by atoms with E-state index in [0.29, 0.717) is 12.8 Å². The summed E-state index contributed by atoms with van der Waals surface area (Å²) in [7, 11) is 0. The molecule has 0 saturated carbocycles. The van der Waals surface area contributed by atoms with Gasteiger partial charge in [0.05, 0.1) is 18.8 Å². The molecule has 1 amide bonds. The highest BCUT2D eigenvalue weighted by molar-refractivity contribution is 5.80. The lowest BCUT2D eigenvalue weighted by molar-refractivity contribution is -0.132. The van der Waals surface area contributed by atoms with Crippen molar-refractivity contribution >= 4 is 5.91 Å². The van der Waals surface area contributed by atoms with E-state index in [2.05, 4.69) is 19.2 Å². The second-order valence-corrected chi connectivity index (χ2v) is 20.0. The van der Waals surface area contributed by atoms with Gasteiger partial charge < -0.3 is 25.7 Å². The quantitative estimate of drug-likeness (QED) is 0.0391. The molecule has 0 fully saturated rings. The Balaban J connectivity index is 3.58. The average molecular weight is 881 g/mol. The molecule has 6 nitrogen and oxygen atoms in total. The number of carbonyl (C=O) groups excluding carboxylic acids is 1.